The first-order valence-electron chi connectivity index (χ1n) is 8.29. The number of rotatable bonds is 5. The van der Waals surface area contributed by atoms with Crippen LogP contribution in [0.1, 0.15) is 25.0 Å². The largest absolute Gasteiger partial charge is 0.483 e. The average Bonchev–Trinajstić information content (AvgIpc) is 2.56. The van der Waals surface area contributed by atoms with Gasteiger partial charge in [0.15, 0.2) is 0 Å². The quantitative estimate of drug-likeness (QED) is 0.612. The molecule has 0 heterocycles. The van der Waals surface area contributed by atoms with Crippen molar-refractivity contribution < 1.29 is 19.8 Å². The van der Waals surface area contributed by atoms with E-state index < -0.39 is 6.09 Å². The fraction of sp³-hybridized carbons (Fsp3) is 0.300. The number of nitrogens with two attached hydrogens (primary N) is 1. The predicted octanol–water partition coefficient (Wildman–Crippen LogP) is 3.16. The summed E-state index contributed by atoms with van der Waals surface area (Å²) in [6.45, 7) is 3.62. The molecule has 0 spiro atoms. The molecule has 2 rings (SSSR count). The number of amides is 1. The fourth-order valence-corrected chi connectivity index (χ4v) is 2.22. The number of hydrogen-bond acceptors (Lipinski definition) is 3. The molecule has 0 aliphatic rings. The minimum Gasteiger partial charge on any atom is -0.483 e. The summed E-state index contributed by atoms with van der Waals surface area (Å²) in [5, 5.41) is 17.7. The molecule has 0 bridgehead atoms. The van der Waals surface area contributed by atoms with Crippen LogP contribution >= 0.6 is 0 Å². The van der Waals surface area contributed by atoms with E-state index in [1.165, 1.54) is 5.56 Å². The Balaban J connectivity index is 0.000000428. The molecule has 0 fully saturated rings. The zero-order valence-electron chi connectivity index (χ0n) is 15.2. The van der Waals surface area contributed by atoms with Crippen molar-refractivity contribution in [2.24, 2.45) is 5.73 Å². The lowest BCUT2D eigenvalue weighted by atomic mass is 10.1. The van der Waals surface area contributed by atoms with Crippen LogP contribution in [0, 0.1) is 0 Å². The van der Waals surface area contributed by atoms with Gasteiger partial charge in [-0.05, 0) is 37.8 Å². The maximum absolute atomic E-state index is 10.3. The first-order chi connectivity index (χ1) is 12.4. The lowest BCUT2D eigenvalue weighted by Crippen LogP contribution is -2.32. The molecule has 5 N–H and O–H groups in total. The van der Waals surface area contributed by atoms with Crippen LogP contribution in [0.15, 0.2) is 60.7 Å². The first-order valence-corrected chi connectivity index (χ1v) is 8.29. The van der Waals surface area contributed by atoms with Crippen LogP contribution < -0.4 is 11.1 Å². The van der Waals surface area contributed by atoms with Crippen LogP contribution in [-0.4, -0.2) is 34.9 Å². The molecule has 6 heteroatoms. The molecule has 0 radical (unpaired) electrons. The summed E-state index contributed by atoms with van der Waals surface area (Å²) in [6, 6.07) is 20.3. The van der Waals surface area contributed by atoms with Gasteiger partial charge in [-0.25, -0.2) is 4.79 Å². The molecule has 6 nitrogen and oxygen atoms in total. The highest BCUT2D eigenvalue weighted by molar-refractivity contribution is 5.64. The van der Waals surface area contributed by atoms with E-state index in [0.29, 0.717) is 0 Å². The van der Waals surface area contributed by atoms with Gasteiger partial charge in [0.05, 0.1) is 0 Å². The van der Waals surface area contributed by atoms with Gasteiger partial charge in [0.2, 0.25) is 0 Å². The second kappa shape index (κ2) is 14.5. The van der Waals surface area contributed by atoms with Crippen molar-refractivity contribution >= 4 is 12.6 Å². The second-order valence-electron chi connectivity index (χ2n) is 5.81. The Morgan fingerprint density at radius 3 is 1.73 bits per heavy atom. The van der Waals surface area contributed by atoms with Gasteiger partial charge in [0, 0.05) is 12.1 Å². The minimum absolute atomic E-state index is 0.0418. The summed E-state index contributed by atoms with van der Waals surface area (Å²) >= 11 is 0. The topological polar surface area (TPSA) is 113 Å². The number of carbonyl (C=O) groups is 2. The third kappa shape index (κ3) is 13.6. The number of carboxylic acid groups (broad SMARTS) is 2. The number of benzene rings is 2. The van der Waals surface area contributed by atoms with Crippen molar-refractivity contribution in [3.05, 3.63) is 71.8 Å². The van der Waals surface area contributed by atoms with E-state index in [0.717, 1.165) is 18.4 Å². The van der Waals surface area contributed by atoms with Gasteiger partial charge < -0.3 is 21.3 Å². The van der Waals surface area contributed by atoms with E-state index >= 15 is 0 Å². The van der Waals surface area contributed by atoms with Crippen molar-refractivity contribution in [3.8, 4) is 0 Å². The Morgan fingerprint density at radius 2 is 1.38 bits per heavy atom. The van der Waals surface area contributed by atoms with E-state index in [2.05, 4.69) is 17.4 Å². The van der Waals surface area contributed by atoms with E-state index in [1.807, 2.05) is 62.4 Å². The summed E-state index contributed by atoms with van der Waals surface area (Å²) in [4.78, 5) is 18.6. The van der Waals surface area contributed by atoms with E-state index in [4.69, 9.17) is 20.7 Å². The van der Waals surface area contributed by atoms with Crippen molar-refractivity contribution in [2.45, 2.75) is 38.8 Å². The monoisotopic (exact) mass is 360 g/mol. The highest BCUT2D eigenvalue weighted by Gasteiger charge is 2.05. The first kappa shape index (κ1) is 23.1. The van der Waals surface area contributed by atoms with Crippen molar-refractivity contribution in [1.82, 2.24) is 5.32 Å². The van der Waals surface area contributed by atoms with Gasteiger partial charge in [-0.3, -0.25) is 4.79 Å². The van der Waals surface area contributed by atoms with Gasteiger partial charge in [-0.2, -0.15) is 0 Å². The van der Waals surface area contributed by atoms with Gasteiger partial charge in [-0.15, -0.1) is 0 Å². The Bertz CT molecular complexity index is 604. The highest BCUT2D eigenvalue weighted by Crippen LogP contribution is 2.02. The molecule has 1 amide bonds. The molecule has 26 heavy (non-hydrogen) atoms. The molecule has 2 aromatic carbocycles. The van der Waals surface area contributed by atoms with Crippen LogP contribution in [0.5, 0.6) is 0 Å². The number of nitrogens with one attached hydrogen (secondary N) is 1. The molecule has 2 aromatic rings. The van der Waals surface area contributed by atoms with Crippen molar-refractivity contribution in [2.75, 3.05) is 0 Å². The zero-order valence-corrected chi connectivity index (χ0v) is 15.2. The third-order valence-electron chi connectivity index (χ3n) is 3.16. The highest BCUT2D eigenvalue weighted by atomic mass is 16.4. The molecule has 2 atom stereocenters. The molecule has 0 aliphatic carbocycles. The molecule has 142 valence electrons. The maximum atomic E-state index is 10.3. The third-order valence-corrected chi connectivity index (χ3v) is 3.16. The van der Waals surface area contributed by atoms with Gasteiger partial charge in [0.1, 0.15) is 0 Å². The van der Waals surface area contributed by atoms with Crippen LogP contribution in [0.4, 0.5) is 4.79 Å². The summed E-state index contributed by atoms with van der Waals surface area (Å²) in [6.07, 6.45) is 0.733. The van der Waals surface area contributed by atoms with Crippen molar-refractivity contribution in [1.29, 1.82) is 0 Å². The molecule has 0 aliphatic heterocycles. The molecule has 0 aromatic heterocycles. The minimum atomic E-state index is -0.969. The molecule has 2 unspecified atom stereocenters. The Labute approximate surface area is 154 Å². The molecular formula is C20H28N2O4. The molecular weight excluding hydrogens is 332 g/mol. The normalized spacial score (nSPS) is 11.5. The standard InChI is InChI=1S/C10H13NO2.C9H13N.CH2O2/c1-8(11-10(12)13)7-9-5-3-2-4-6-9;1-8(10)7-9-5-3-2-4-6-9;2-1-3/h2-6,8,11H,7H2,1H3,(H,12,13);2-6,8H,7,10H2,1H3;1H,(H,2,3). The summed E-state index contributed by atoms with van der Waals surface area (Å²) in [7, 11) is 0. The molecule has 0 saturated heterocycles. The average molecular weight is 360 g/mol. The van der Waals surface area contributed by atoms with Crippen LogP contribution in [0.25, 0.3) is 0 Å². The summed E-state index contributed by atoms with van der Waals surface area (Å²) < 4.78 is 0. The lowest BCUT2D eigenvalue weighted by Gasteiger charge is -2.10. The van der Waals surface area contributed by atoms with Gasteiger partial charge in [0.25, 0.3) is 6.47 Å². The Kier molecular flexibility index (Phi) is 12.9. The van der Waals surface area contributed by atoms with Crippen LogP contribution in [0.3, 0.4) is 0 Å². The Morgan fingerprint density at radius 1 is 1.00 bits per heavy atom. The van der Waals surface area contributed by atoms with E-state index in [9.17, 15) is 4.79 Å². The SMILES string of the molecule is CC(Cc1ccccc1)NC(=O)O.CC(N)Cc1ccccc1.O=CO. The van der Waals surface area contributed by atoms with E-state index in [-0.39, 0.29) is 18.6 Å². The smallest absolute Gasteiger partial charge is 0.404 e. The van der Waals surface area contributed by atoms with Gasteiger partial charge in [-0.1, -0.05) is 60.7 Å². The number of hydrogen-bond donors (Lipinski definition) is 4. The maximum Gasteiger partial charge on any atom is 0.404 e. The second-order valence-corrected chi connectivity index (χ2v) is 5.81. The van der Waals surface area contributed by atoms with Gasteiger partial charge >= 0.3 is 6.09 Å². The zero-order chi connectivity index (χ0) is 19.8. The lowest BCUT2D eigenvalue weighted by molar-refractivity contribution is -0.122. The van der Waals surface area contributed by atoms with Crippen LogP contribution in [-0.2, 0) is 17.6 Å². The Hall–Kier alpha value is -2.86. The summed E-state index contributed by atoms with van der Waals surface area (Å²) in [5.41, 5.74) is 8.08. The fourth-order valence-electron chi connectivity index (χ4n) is 2.22. The van der Waals surface area contributed by atoms with Crippen molar-refractivity contribution in [3.63, 3.8) is 0 Å². The van der Waals surface area contributed by atoms with E-state index in [1.54, 1.807) is 0 Å². The predicted molar refractivity (Wildman–Crippen MR) is 103 cm³/mol. The van der Waals surface area contributed by atoms with Crippen LogP contribution in [0.2, 0.25) is 0 Å². The molecule has 0 saturated carbocycles. The summed E-state index contributed by atoms with van der Waals surface area (Å²) in [5.74, 6) is 0.